The molecule has 1 rings (SSSR count). The highest BCUT2D eigenvalue weighted by atomic mass is 79.9. The van der Waals surface area contributed by atoms with E-state index in [1.807, 2.05) is 13.8 Å². The largest absolute Gasteiger partial charge is 0.463 e. The van der Waals surface area contributed by atoms with Crippen molar-refractivity contribution in [3.63, 3.8) is 0 Å². The fourth-order valence-corrected chi connectivity index (χ4v) is 1.27. The van der Waals surface area contributed by atoms with E-state index >= 15 is 0 Å². The molecule has 0 fully saturated rings. The molecule has 0 bridgehead atoms. The SMILES string of the molecule is Cc1nc(OCC(CO)CO)nc(C)c1Br. The molecule has 5 nitrogen and oxygen atoms in total. The number of aromatic nitrogens is 2. The molecule has 0 aromatic carbocycles. The summed E-state index contributed by atoms with van der Waals surface area (Å²) >= 11 is 3.36. The highest BCUT2D eigenvalue weighted by Crippen LogP contribution is 2.19. The first kappa shape index (κ1) is 13.3. The van der Waals surface area contributed by atoms with Crippen LogP contribution < -0.4 is 4.74 Å². The third-order valence-electron chi connectivity index (χ3n) is 2.13. The Morgan fingerprint density at radius 2 is 1.69 bits per heavy atom. The number of rotatable bonds is 5. The number of nitrogens with zero attached hydrogens (tertiary/aromatic N) is 2. The van der Waals surface area contributed by atoms with Gasteiger partial charge < -0.3 is 14.9 Å². The van der Waals surface area contributed by atoms with Gasteiger partial charge >= 0.3 is 6.01 Å². The van der Waals surface area contributed by atoms with E-state index < -0.39 is 0 Å². The van der Waals surface area contributed by atoms with Crippen LogP contribution >= 0.6 is 15.9 Å². The maximum atomic E-state index is 8.87. The van der Waals surface area contributed by atoms with Gasteiger partial charge in [0.05, 0.1) is 35.7 Å². The average molecular weight is 291 g/mol. The lowest BCUT2D eigenvalue weighted by atomic mass is 10.2. The predicted octanol–water partition coefficient (Wildman–Crippen LogP) is 0.836. The van der Waals surface area contributed by atoms with Crippen molar-refractivity contribution in [1.29, 1.82) is 0 Å². The van der Waals surface area contributed by atoms with Gasteiger partial charge in [0.25, 0.3) is 0 Å². The minimum Gasteiger partial charge on any atom is -0.463 e. The Balaban J connectivity index is 2.68. The second-order valence-corrected chi connectivity index (χ2v) is 4.33. The van der Waals surface area contributed by atoms with Crippen molar-refractivity contribution in [2.45, 2.75) is 13.8 Å². The van der Waals surface area contributed by atoms with Crippen LogP contribution in [0.3, 0.4) is 0 Å². The summed E-state index contributed by atoms with van der Waals surface area (Å²) in [5.74, 6) is -0.298. The third-order valence-corrected chi connectivity index (χ3v) is 3.27. The molecule has 6 heteroatoms. The number of hydrogen-bond donors (Lipinski definition) is 2. The maximum Gasteiger partial charge on any atom is 0.316 e. The predicted molar refractivity (Wildman–Crippen MR) is 62.4 cm³/mol. The fourth-order valence-electron chi connectivity index (χ4n) is 1.09. The first-order valence-electron chi connectivity index (χ1n) is 4.93. The first-order valence-corrected chi connectivity index (χ1v) is 5.73. The summed E-state index contributed by atoms with van der Waals surface area (Å²) < 4.78 is 6.17. The van der Waals surface area contributed by atoms with Crippen LogP contribution in [0.5, 0.6) is 6.01 Å². The van der Waals surface area contributed by atoms with Gasteiger partial charge in [0, 0.05) is 5.92 Å². The van der Waals surface area contributed by atoms with E-state index in [4.69, 9.17) is 14.9 Å². The molecule has 0 saturated heterocycles. The van der Waals surface area contributed by atoms with Crippen molar-refractivity contribution in [3.05, 3.63) is 15.9 Å². The van der Waals surface area contributed by atoms with Crippen molar-refractivity contribution in [2.75, 3.05) is 19.8 Å². The van der Waals surface area contributed by atoms with Gasteiger partial charge in [0.2, 0.25) is 0 Å². The number of aliphatic hydroxyl groups excluding tert-OH is 2. The highest BCUT2D eigenvalue weighted by molar-refractivity contribution is 9.10. The second kappa shape index (κ2) is 6.12. The number of aliphatic hydroxyl groups is 2. The molecule has 0 radical (unpaired) electrons. The molecular weight excluding hydrogens is 276 g/mol. The van der Waals surface area contributed by atoms with Crippen LogP contribution in [0.4, 0.5) is 0 Å². The number of hydrogen-bond acceptors (Lipinski definition) is 5. The van der Waals surface area contributed by atoms with Crippen LogP contribution in [0.2, 0.25) is 0 Å². The van der Waals surface area contributed by atoms with Crippen LogP contribution in [0.15, 0.2) is 4.47 Å². The Hall–Kier alpha value is -0.720. The molecule has 0 aliphatic heterocycles. The minimum atomic E-state index is -0.298. The van der Waals surface area contributed by atoms with E-state index in [9.17, 15) is 0 Å². The maximum absolute atomic E-state index is 8.87. The van der Waals surface area contributed by atoms with E-state index in [0.717, 1.165) is 15.9 Å². The van der Waals surface area contributed by atoms with Crippen molar-refractivity contribution in [3.8, 4) is 6.01 Å². The lowest BCUT2D eigenvalue weighted by Gasteiger charge is -2.12. The number of ether oxygens (including phenoxy) is 1. The molecule has 0 saturated carbocycles. The summed E-state index contributed by atoms with van der Waals surface area (Å²) in [7, 11) is 0. The molecule has 0 aliphatic carbocycles. The summed E-state index contributed by atoms with van der Waals surface area (Å²) in [5.41, 5.74) is 1.60. The van der Waals surface area contributed by atoms with Gasteiger partial charge in [-0.2, -0.15) is 9.97 Å². The highest BCUT2D eigenvalue weighted by Gasteiger charge is 2.10. The summed E-state index contributed by atoms with van der Waals surface area (Å²) in [6.45, 7) is 3.66. The van der Waals surface area contributed by atoms with Gasteiger partial charge in [-0.25, -0.2) is 0 Å². The molecule has 1 aromatic heterocycles. The molecule has 0 atom stereocenters. The van der Waals surface area contributed by atoms with E-state index in [1.165, 1.54) is 0 Å². The van der Waals surface area contributed by atoms with Crippen LogP contribution in [0.1, 0.15) is 11.4 Å². The fraction of sp³-hybridized carbons (Fsp3) is 0.600. The number of aryl methyl sites for hydroxylation is 2. The van der Waals surface area contributed by atoms with Crippen molar-refractivity contribution >= 4 is 15.9 Å². The van der Waals surface area contributed by atoms with E-state index in [-0.39, 0.29) is 31.7 Å². The minimum absolute atomic E-state index is 0.120. The standard InChI is InChI=1S/C10H15BrN2O3/c1-6-9(11)7(2)13-10(12-6)16-5-8(3-14)4-15/h8,14-15H,3-5H2,1-2H3. The lowest BCUT2D eigenvalue weighted by molar-refractivity contribution is 0.102. The first-order chi connectivity index (χ1) is 7.58. The Morgan fingerprint density at radius 1 is 1.19 bits per heavy atom. The van der Waals surface area contributed by atoms with Crippen molar-refractivity contribution < 1.29 is 14.9 Å². The summed E-state index contributed by atoms with van der Waals surface area (Å²) in [5, 5.41) is 17.7. The molecule has 0 unspecified atom stereocenters. The Bertz CT molecular complexity index is 333. The van der Waals surface area contributed by atoms with Crippen LogP contribution in [0, 0.1) is 19.8 Å². The van der Waals surface area contributed by atoms with Gasteiger partial charge in [-0.3, -0.25) is 0 Å². The second-order valence-electron chi connectivity index (χ2n) is 3.53. The molecular formula is C10H15BrN2O3. The molecule has 0 amide bonds. The van der Waals surface area contributed by atoms with Gasteiger partial charge in [0.1, 0.15) is 0 Å². The summed E-state index contributed by atoms with van der Waals surface area (Å²) in [6, 6.07) is 0.269. The topological polar surface area (TPSA) is 75.5 Å². The molecule has 2 N–H and O–H groups in total. The quantitative estimate of drug-likeness (QED) is 0.840. The Labute approximate surface area is 103 Å². The van der Waals surface area contributed by atoms with E-state index in [0.29, 0.717) is 0 Å². The van der Waals surface area contributed by atoms with Crippen LogP contribution in [0.25, 0.3) is 0 Å². The van der Waals surface area contributed by atoms with Crippen LogP contribution in [-0.4, -0.2) is 40.0 Å². The smallest absolute Gasteiger partial charge is 0.316 e. The monoisotopic (exact) mass is 290 g/mol. The molecule has 1 heterocycles. The van der Waals surface area contributed by atoms with E-state index in [1.54, 1.807) is 0 Å². The van der Waals surface area contributed by atoms with Gasteiger partial charge in [-0.05, 0) is 29.8 Å². The number of halogens is 1. The van der Waals surface area contributed by atoms with Crippen molar-refractivity contribution in [1.82, 2.24) is 9.97 Å². The zero-order valence-electron chi connectivity index (χ0n) is 9.27. The zero-order valence-corrected chi connectivity index (χ0v) is 10.9. The van der Waals surface area contributed by atoms with Gasteiger partial charge in [0.15, 0.2) is 0 Å². The molecule has 90 valence electrons. The van der Waals surface area contributed by atoms with Crippen LogP contribution in [-0.2, 0) is 0 Å². The molecule has 16 heavy (non-hydrogen) atoms. The Morgan fingerprint density at radius 3 is 2.12 bits per heavy atom. The van der Waals surface area contributed by atoms with Crippen molar-refractivity contribution in [2.24, 2.45) is 5.92 Å². The average Bonchev–Trinajstić information content (AvgIpc) is 2.27. The summed E-state index contributed by atoms with van der Waals surface area (Å²) in [6.07, 6.45) is 0. The Kier molecular flexibility index (Phi) is 5.11. The third kappa shape index (κ3) is 3.40. The van der Waals surface area contributed by atoms with Gasteiger partial charge in [-0.15, -0.1) is 0 Å². The molecule has 1 aromatic rings. The summed E-state index contributed by atoms with van der Waals surface area (Å²) in [4.78, 5) is 8.26. The normalized spacial score (nSPS) is 10.9. The van der Waals surface area contributed by atoms with E-state index in [2.05, 4.69) is 25.9 Å². The lowest BCUT2D eigenvalue weighted by Crippen LogP contribution is -2.20. The molecule has 0 aliphatic rings. The molecule has 0 spiro atoms. The van der Waals surface area contributed by atoms with Gasteiger partial charge in [-0.1, -0.05) is 0 Å². The zero-order chi connectivity index (χ0) is 12.1.